The lowest BCUT2D eigenvalue weighted by Gasteiger charge is -2.17. The molecular weight excluding hydrogens is 508 g/mol. The van der Waals surface area contributed by atoms with Crippen LogP contribution in [0.5, 0.6) is 11.5 Å². The molecule has 0 unspecified atom stereocenters. The van der Waals surface area contributed by atoms with Gasteiger partial charge < -0.3 is 14.8 Å². The van der Waals surface area contributed by atoms with Crippen LogP contribution in [0.1, 0.15) is 54.5 Å². The van der Waals surface area contributed by atoms with E-state index in [1.165, 1.54) is 0 Å². The number of aromatic nitrogens is 2. The number of nitrogens with zero attached hydrogens (tertiary/aromatic N) is 3. The smallest absolute Gasteiger partial charge is 0.276 e. The fraction of sp³-hybridized carbons (Fsp3) is 0.321. The predicted molar refractivity (Wildman–Crippen MR) is 150 cm³/mol. The maximum Gasteiger partial charge on any atom is 0.276 e. The van der Waals surface area contributed by atoms with Gasteiger partial charge in [-0.15, -0.1) is 0 Å². The first kappa shape index (κ1) is 26.7. The summed E-state index contributed by atoms with van der Waals surface area (Å²) < 4.78 is 13.6. The van der Waals surface area contributed by atoms with Crippen molar-refractivity contribution < 1.29 is 14.3 Å². The minimum absolute atomic E-state index is 0.180. The molecule has 1 aliphatic heterocycles. The molecule has 1 aliphatic rings. The molecule has 3 aromatic rings. The molecule has 2 heterocycles. The zero-order chi connectivity index (χ0) is 26.7. The van der Waals surface area contributed by atoms with E-state index in [2.05, 4.69) is 24.3 Å². The highest BCUT2D eigenvalue weighted by Crippen LogP contribution is 2.33. The van der Waals surface area contributed by atoms with Crippen molar-refractivity contribution in [2.24, 2.45) is 0 Å². The number of benzene rings is 2. The maximum atomic E-state index is 13.1. The number of aryl methyl sites for hydroxylation is 2. The summed E-state index contributed by atoms with van der Waals surface area (Å²) >= 11 is 11.8. The standard InChI is InChI=1S/C28H31ClN4O3S/c1-6-32-14-20(13-30-32)15-33-27(34)24(31-28(33)37)11-19-7-8-25(35-5)21(10-19)16-36-26-9-18(4)23(29)12-22(26)17(2)3/h7-14,17H,6,15-16H2,1-5H3,(H,31,37)/b24-11+. The van der Waals surface area contributed by atoms with Gasteiger partial charge in [-0.25, -0.2) is 0 Å². The minimum atomic E-state index is -0.180. The van der Waals surface area contributed by atoms with Gasteiger partial charge in [0.15, 0.2) is 5.11 Å². The van der Waals surface area contributed by atoms with Crippen molar-refractivity contribution in [3.63, 3.8) is 0 Å². The maximum absolute atomic E-state index is 13.1. The lowest BCUT2D eigenvalue weighted by atomic mass is 10.0. The van der Waals surface area contributed by atoms with E-state index < -0.39 is 0 Å². The lowest BCUT2D eigenvalue weighted by Crippen LogP contribution is -2.29. The SMILES string of the molecule is CCn1cc(CN2C(=O)/C(=C\c3ccc(OC)c(COc4cc(C)c(Cl)cc4C(C)C)c3)NC2=S)cn1. The van der Waals surface area contributed by atoms with Crippen LogP contribution in [0.4, 0.5) is 0 Å². The Balaban J connectivity index is 1.54. The van der Waals surface area contributed by atoms with Crippen molar-refractivity contribution in [2.75, 3.05) is 7.11 Å². The van der Waals surface area contributed by atoms with Crippen LogP contribution in [0.15, 0.2) is 48.4 Å². The summed E-state index contributed by atoms with van der Waals surface area (Å²) in [7, 11) is 1.63. The highest BCUT2D eigenvalue weighted by molar-refractivity contribution is 7.80. The minimum Gasteiger partial charge on any atom is -0.496 e. The van der Waals surface area contributed by atoms with E-state index in [-0.39, 0.29) is 11.8 Å². The predicted octanol–water partition coefficient (Wildman–Crippen LogP) is 5.83. The van der Waals surface area contributed by atoms with Crippen LogP contribution in [-0.2, 0) is 24.5 Å². The van der Waals surface area contributed by atoms with Gasteiger partial charge in [-0.3, -0.25) is 14.4 Å². The van der Waals surface area contributed by atoms with Crippen molar-refractivity contribution in [1.82, 2.24) is 20.0 Å². The summed E-state index contributed by atoms with van der Waals surface area (Å²) in [6, 6.07) is 9.66. The van der Waals surface area contributed by atoms with E-state index in [0.29, 0.717) is 29.7 Å². The molecule has 0 bridgehead atoms. The molecule has 1 aromatic heterocycles. The van der Waals surface area contributed by atoms with Gasteiger partial charge in [0, 0.05) is 28.9 Å². The van der Waals surface area contributed by atoms with Crippen LogP contribution in [0.2, 0.25) is 5.02 Å². The molecular formula is C28H31ClN4O3S. The van der Waals surface area contributed by atoms with Crippen LogP contribution in [0.25, 0.3) is 6.08 Å². The molecule has 1 N–H and O–H groups in total. The monoisotopic (exact) mass is 538 g/mol. The summed E-state index contributed by atoms with van der Waals surface area (Å²) in [4.78, 5) is 14.6. The average molecular weight is 539 g/mol. The van der Waals surface area contributed by atoms with Crippen molar-refractivity contribution >= 4 is 40.9 Å². The molecule has 7 nitrogen and oxygen atoms in total. The van der Waals surface area contributed by atoms with Crippen LogP contribution in [0.3, 0.4) is 0 Å². The fourth-order valence-corrected chi connectivity index (χ4v) is 4.56. The highest BCUT2D eigenvalue weighted by Gasteiger charge is 2.31. The molecule has 9 heteroatoms. The number of nitrogens with one attached hydrogen (secondary N) is 1. The molecule has 0 atom stereocenters. The quantitative estimate of drug-likeness (QED) is 0.273. The van der Waals surface area contributed by atoms with Crippen LogP contribution < -0.4 is 14.8 Å². The van der Waals surface area contributed by atoms with Gasteiger partial charge in [0.25, 0.3) is 5.91 Å². The average Bonchev–Trinajstić information content (AvgIpc) is 3.44. The molecule has 1 fully saturated rings. The van der Waals surface area contributed by atoms with E-state index in [0.717, 1.165) is 45.1 Å². The second kappa shape index (κ2) is 11.4. The van der Waals surface area contributed by atoms with E-state index in [1.807, 2.05) is 55.1 Å². The van der Waals surface area contributed by atoms with Gasteiger partial charge >= 0.3 is 0 Å². The van der Waals surface area contributed by atoms with E-state index in [9.17, 15) is 4.79 Å². The van der Waals surface area contributed by atoms with Gasteiger partial charge in [-0.05, 0) is 79.0 Å². The van der Waals surface area contributed by atoms with Crippen molar-refractivity contribution in [1.29, 1.82) is 0 Å². The molecule has 0 spiro atoms. The Bertz CT molecular complexity index is 1370. The summed E-state index contributed by atoms with van der Waals surface area (Å²) in [6.07, 6.45) is 5.46. The third-order valence-corrected chi connectivity index (χ3v) is 6.96. The summed E-state index contributed by atoms with van der Waals surface area (Å²) in [5.74, 6) is 1.58. The number of carbonyl (C=O) groups is 1. The number of hydrogen-bond donors (Lipinski definition) is 1. The van der Waals surface area contributed by atoms with Crippen molar-refractivity contribution in [2.45, 2.75) is 53.3 Å². The first-order valence-electron chi connectivity index (χ1n) is 12.2. The van der Waals surface area contributed by atoms with Gasteiger partial charge in [0.05, 0.1) is 19.9 Å². The Morgan fingerprint density at radius 1 is 1.22 bits per heavy atom. The molecule has 0 radical (unpaired) electrons. The number of ether oxygens (including phenoxy) is 2. The molecule has 1 saturated heterocycles. The summed E-state index contributed by atoms with van der Waals surface area (Å²) in [5.41, 5.74) is 5.03. The largest absolute Gasteiger partial charge is 0.496 e. The van der Waals surface area contributed by atoms with E-state index >= 15 is 0 Å². The Morgan fingerprint density at radius 2 is 2.00 bits per heavy atom. The lowest BCUT2D eigenvalue weighted by molar-refractivity contribution is -0.122. The van der Waals surface area contributed by atoms with Crippen molar-refractivity contribution in [3.8, 4) is 11.5 Å². The van der Waals surface area contributed by atoms with Crippen molar-refractivity contribution in [3.05, 3.63) is 81.3 Å². The van der Waals surface area contributed by atoms with Crippen LogP contribution in [-0.4, -0.2) is 32.8 Å². The zero-order valence-electron chi connectivity index (χ0n) is 21.7. The van der Waals surface area contributed by atoms with Gasteiger partial charge in [0.2, 0.25) is 0 Å². The number of hydrogen-bond acceptors (Lipinski definition) is 5. The van der Waals surface area contributed by atoms with Crippen LogP contribution in [0, 0.1) is 6.92 Å². The molecule has 4 rings (SSSR count). The Labute approximate surface area is 228 Å². The molecule has 0 saturated carbocycles. The van der Waals surface area contributed by atoms with Gasteiger partial charge in [0.1, 0.15) is 23.8 Å². The molecule has 2 aromatic carbocycles. The number of rotatable bonds is 9. The number of thiocarbonyl (C=S) groups is 1. The molecule has 1 amide bonds. The second-order valence-corrected chi connectivity index (χ2v) is 10.0. The zero-order valence-corrected chi connectivity index (χ0v) is 23.2. The van der Waals surface area contributed by atoms with E-state index in [4.69, 9.17) is 33.3 Å². The third kappa shape index (κ3) is 5.97. The number of amides is 1. The Kier molecular flexibility index (Phi) is 8.19. The molecule has 0 aliphatic carbocycles. The van der Waals surface area contributed by atoms with E-state index in [1.54, 1.807) is 24.3 Å². The topological polar surface area (TPSA) is 68.6 Å². The normalized spacial score (nSPS) is 14.6. The molecule has 194 valence electrons. The number of carbonyl (C=O) groups excluding carboxylic acids is 1. The van der Waals surface area contributed by atoms with Crippen LogP contribution >= 0.6 is 23.8 Å². The highest BCUT2D eigenvalue weighted by atomic mass is 35.5. The summed E-state index contributed by atoms with van der Waals surface area (Å²) in [5, 5.41) is 8.42. The first-order valence-corrected chi connectivity index (χ1v) is 12.9. The Hall–Kier alpha value is -3.36. The number of methoxy groups -OCH3 is 1. The first-order chi connectivity index (χ1) is 17.7. The third-order valence-electron chi connectivity index (χ3n) is 6.23. The number of halogens is 1. The Morgan fingerprint density at radius 3 is 2.68 bits per heavy atom. The van der Waals surface area contributed by atoms with Gasteiger partial charge in [-0.2, -0.15) is 5.10 Å². The molecule has 37 heavy (non-hydrogen) atoms. The van der Waals surface area contributed by atoms with Gasteiger partial charge in [-0.1, -0.05) is 31.5 Å². The fourth-order valence-electron chi connectivity index (χ4n) is 4.13. The summed E-state index contributed by atoms with van der Waals surface area (Å²) in [6.45, 7) is 9.62. The second-order valence-electron chi connectivity index (χ2n) is 9.24.